The van der Waals surface area contributed by atoms with Crippen molar-refractivity contribution in [1.82, 2.24) is 5.43 Å². The Bertz CT molecular complexity index is 996. The first-order valence-electron chi connectivity index (χ1n) is 9.06. The maximum absolute atomic E-state index is 12.5. The van der Waals surface area contributed by atoms with E-state index in [1.807, 2.05) is 49.4 Å². The van der Waals surface area contributed by atoms with Gasteiger partial charge in [0.1, 0.15) is 17.5 Å². The molecule has 3 aromatic carbocycles. The van der Waals surface area contributed by atoms with Crippen LogP contribution < -0.4 is 15.5 Å². The molecule has 1 atom stereocenters. The molecule has 6 nitrogen and oxygen atoms in total. The number of nitrogens with one attached hydrogen (secondary N) is 2. The number of anilines is 1. The highest BCUT2D eigenvalue weighted by molar-refractivity contribution is 5.96. The molecule has 0 aliphatic heterocycles. The maximum atomic E-state index is 12.5. The Morgan fingerprint density at radius 2 is 1.96 bits per heavy atom. The second-order valence-corrected chi connectivity index (χ2v) is 6.29. The zero-order valence-corrected chi connectivity index (χ0v) is 15.8. The predicted molar refractivity (Wildman–Crippen MR) is 112 cm³/mol. The quantitative estimate of drug-likeness (QED) is 0.431. The molecule has 144 valence electrons. The number of fused-ring (bicyclic) bond motifs is 1. The average Bonchev–Trinajstić information content (AvgIpc) is 2.73. The highest BCUT2D eigenvalue weighted by Gasteiger charge is 2.16. The van der Waals surface area contributed by atoms with E-state index in [0.29, 0.717) is 17.7 Å². The number of rotatable bonds is 7. The summed E-state index contributed by atoms with van der Waals surface area (Å²) < 4.78 is 5.12. The third-order valence-corrected chi connectivity index (χ3v) is 4.46. The minimum absolute atomic E-state index is 0.0553. The van der Waals surface area contributed by atoms with Crippen LogP contribution in [0.1, 0.15) is 18.9 Å². The number of hydrazone groups is 1. The molecule has 0 saturated heterocycles. The van der Waals surface area contributed by atoms with Gasteiger partial charge in [0.15, 0.2) is 0 Å². The molecule has 1 unspecified atom stereocenters. The van der Waals surface area contributed by atoms with Crippen molar-refractivity contribution in [3.05, 3.63) is 66.2 Å². The predicted octanol–water partition coefficient (Wildman–Crippen LogP) is 3.89. The van der Waals surface area contributed by atoms with Gasteiger partial charge in [0.2, 0.25) is 0 Å². The Balaban J connectivity index is 1.70. The summed E-state index contributed by atoms with van der Waals surface area (Å²) in [5.74, 6) is 0.392. The first-order valence-corrected chi connectivity index (χ1v) is 9.06. The highest BCUT2D eigenvalue weighted by atomic mass is 16.5. The molecule has 28 heavy (non-hydrogen) atoms. The number of aromatic hydroxyl groups is 1. The molecule has 0 aromatic heterocycles. The zero-order chi connectivity index (χ0) is 19.9. The van der Waals surface area contributed by atoms with Crippen LogP contribution in [0.25, 0.3) is 10.8 Å². The lowest BCUT2D eigenvalue weighted by atomic mass is 10.1. The number of nitrogens with zero attached hydrogens (tertiary/aromatic N) is 1. The van der Waals surface area contributed by atoms with E-state index in [1.165, 1.54) is 12.3 Å². The van der Waals surface area contributed by atoms with E-state index in [4.69, 9.17) is 4.74 Å². The molecule has 0 aliphatic carbocycles. The fourth-order valence-corrected chi connectivity index (χ4v) is 2.90. The van der Waals surface area contributed by atoms with Crippen LogP contribution in [0.5, 0.6) is 11.5 Å². The molecule has 1 amide bonds. The molecule has 0 heterocycles. The molecule has 0 radical (unpaired) electrons. The molecule has 3 rings (SSSR count). The van der Waals surface area contributed by atoms with Gasteiger partial charge >= 0.3 is 0 Å². The van der Waals surface area contributed by atoms with Crippen LogP contribution >= 0.6 is 0 Å². The van der Waals surface area contributed by atoms with Crippen molar-refractivity contribution in [2.45, 2.75) is 19.4 Å². The molecule has 0 aliphatic rings. The zero-order valence-electron chi connectivity index (χ0n) is 15.8. The van der Waals surface area contributed by atoms with Gasteiger partial charge in [0.05, 0.1) is 13.3 Å². The summed E-state index contributed by atoms with van der Waals surface area (Å²) >= 11 is 0. The number of hydrogen-bond donors (Lipinski definition) is 3. The fraction of sp³-hybridized carbons (Fsp3) is 0.182. The van der Waals surface area contributed by atoms with Crippen LogP contribution in [0, 0.1) is 0 Å². The van der Waals surface area contributed by atoms with E-state index in [9.17, 15) is 9.90 Å². The standard InChI is InChI=1S/C22H23N3O3/c1-3-19(24-20-10-6-8-15-7-4-5-9-18(15)20)22(27)25-23-14-16-13-17(28-2)11-12-21(16)26/h4-14,19,24,26H,3H2,1-2H3,(H,25,27)/b23-14+. The van der Waals surface area contributed by atoms with Crippen LogP contribution in [0.3, 0.4) is 0 Å². The average molecular weight is 377 g/mol. The summed E-state index contributed by atoms with van der Waals surface area (Å²) in [4.78, 5) is 12.5. The number of benzene rings is 3. The Morgan fingerprint density at radius 3 is 2.75 bits per heavy atom. The summed E-state index contributed by atoms with van der Waals surface area (Å²) in [6.45, 7) is 1.93. The van der Waals surface area contributed by atoms with Crippen molar-refractivity contribution in [2.24, 2.45) is 5.10 Å². The van der Waals surface area contributed by atoms with Crippen LogP contribution in [0.15, 0.2) is 65.8 Å². The molecule has 3 N–H and O–H groups in total. The van der Waals surface area contributed by atoms with E-state index in [2.05, 4.69) is 15.8 Å². The van der Waals surface area contributed by atoms with E-state index in [-0.39, 0.29) is 11.7 Å². The van der Waals surface area contributed by atoms with Gasteiger partial charge in [-0.05, 0) is 36.1 Å². The van der Waals surface area contributed by atoms with Gasteiger partial charge in [-0.2, -0.15) is 5.10 Å². The largest absolute Gasteiger partial charge is 0.507 e. The summed E-state index contributed by atoms with van der Waals surface area (Å²) in [6, 6.07) is 18.3. The van der Waals surface area contributed by atoms with Crippen molar-refractivity contribution in [3.8, 4) is 11.5 Å². The van der Waals surface area contributed by atoms with Crippen molar-refractivity contribution in [3.63, 3.8) is 0 Å². The summed E-state index contributed by atoms with van der Waals surface area (Å²) in [5.41, 5.74) is 3.88. The third kappa shape index (κ3) is 4.40. The van der Waals surface area contributed by atoms with Crippen LogP contribution in [-0.4, -0.2) is 30.4 Å². The summed E-state index contributed by atoms with van der Waals surface area (Å²) in [6.07, 6.45) is 1.98. The maximum Gasteiger partial charge on any atom is 0.262 e. The Hall–Kier alpha value is -3.54. The smallest absolute Gasteiger partial charge is 0.262 e. The highest BCUT2D eigenvalue weighted by Crippen LogP contribution is 2.24. The lowest BCUT2D eigenvalue weighted by Crippen LogP contribution is -2.36. The fourth-order valence-electron chi connectivity index (χ4n) is 2.90. The summed E-state index contributed by atoms with van der Waals surface area (Å²) in [5, 5.41) is 19.3. The topological polar surface area (TPSA) is 83.0 Å². The number of phenolic OH excluding ortho intramolecular Hbond substituents is 1. The Labute approximate surface area is 163 Å². The SMILES string of the molecule is CCC(Nc1cccc2ccccc12)C(=O)N/N=C/c1cc(OC)ccc1O. The Morgan fingerprint density at radius 1 is 1.18 bits per heavy atom. The third-order valence-electron chi connectivity index (χ3n) is 4.46. The van der Waals surface area contributed by atoms with Gasteiger partial charge in [0.25, 0.3) is 5.91 Å². The second kappa shape index (κ2) is 8.90. The van der Waals surface area contributed by atoms with Crippen molar-refractivity contribution < 1.29 is 14.6 Å². The van der Waals surface area contributed by atoms with E-state index in [1.54, 1.807) is 19.2 Å². The van der Waals surface area contributed by atoms with Gasteiger partial charge in [-0.15, -0.1) is 0 Å². The van der Waals surface area contributed by atoms with E-state index >= 15 is 0 Å². The minimum atomic E-state index is -0.443. The second-order valence-electron chi connectivity index (χ2n) is 6.29. The molecule has 0 saturated carbocycles. The monoisotopic (exact) mass is 377 g/mol. The van der Waals surface area contributed by atoms with Gasteiger partial charge in [-0.1, -0.05) is 43.3 Å². The number of ether oxygens (including phenoxy) is 1. The number of amides is 1. The van der Waals surface area contributed by atoms with Gasteiger partial charge in [-0.3, -0.25) is 4.79 Å². The summed E-state index contributed by atoms with van der Waals surface area (Å²) in [7, 11) is 1.54. The number of hydrogen-bond acceptors (Lipinski definition) is 5. The van der Waals surface area contributed by atoms with Gasteiger partial charge in [-0.25, -0.2) is 5.43 Å². The number of carbonyl (C=O) groups excluding carboxylic acids is 1. The first kappa shape index (κ1) is 19.2. The molecule has 3 aromatic rings. The minimum Gasteiger partial charge on any atom is -0.507 e. The molecule has 0 bridgehead atoms. The number of phenols is 1. The number of methoxy groups -OCH3 is 1. The van der Waals surface area contributed by atoms with Gasteiger partial charge in [0, 0.05) is 16.6 Å². The normalized spacial score (nSPS) is 12.1. The van der Waals surface area contributed by atoms with Crippen LogP contribution in [0.4, 0.5) is 5.69 Å². The molecule has 0 fully saturated rings. The molecule has 0 spiro atoms. The van der Waals surface area contributed by atoms with Crippen molar-refractivity contribution >= 4 is 28.6 Å². The van der Waals surface area contributed by atoms with Crippen LogP contribution in [-0.2, 0) is 4.79 Å². The first-order chi connectivity index (χ1) is 13.6. The molecule has 6 heteroatoms. The van der Waals surface area contributed by atoms with Crippen LogP contribution in [0.2, 0.25) is 0 Å². The lowest BCUT2D eigenvalue weighted by molar-refractivity contribution is -0.121. The molecular formula is C22H23N3O3. The van der Waals surface area contributed by atoms with E-state index in [0.717, 1.165) is 16.5 Å². The Kier molecular flexibility index (Phi) is 6.11. The van der Waals surface area contributed by atoms with Crippen molar-refractivity contribution in [1.29, 1.82) is 0 Å². The lowest BCUT2D eigenvalue weighted by Gasteiger charge is -2.18. The molecular weight excluding hydrogens is 354 g/mol. The van der Waals surface area contributed by atoms with Gasteiger partial charge < -0.3 is 15.2 Å². The number of carbonyl (C=O) groups is 1. The van der Waals surface area contributed by atoms with E-state index < -0.39 is 6.04 Å². The van der Waals surface area contributed by atoms with Crippen molar-refractivity contribution in [2.75, 3.05) is 12.4 Å².